The summed E-state index contributed by atoms with van der Waals surface area (Å²) in [5, 5.41) is 9.96. The van der Waals surface area contributed by atoms with Crippen LogP contribution in [0.25, 0.3) is 16.6 Å². The summed E-state index contributed by atoms with van der Waals surface area (Å²) in [5.74, 6) is -0.165. The lowest BCUT2D eigenvalue weighted by atomic mass is 10.2. The zero-order valence-electron chi connectivity index (χ0n) is 9.41. The molecular weight excluding hydrogens is 248 g/mol. The van der Waals surface area contributed by atoms with Crippen LogP contribution >= 0.6 is 11.8 Å². The van der Waals surface area contributed by atoms with E-state index in [0.29, 0.717) is 5.16 Å². The van der Waals surface area contributed by atoms with Crippen molar-refractivity contribution in [3.8, 4) is 0 Å². The summed E-state index contributed by atoms with van der Waals surface area (Å²) in [6, 6.07) is 11.9. The fraction of sp³-hybridized carbons (Fsp3) is 0.0833. The smallest absolute Gasteiger partial charge is 0.227 e. The van der Waals surface area contributed by atoms with Crippen LogP contribution in [0.2, 0.25) is 0 Å². The van der Waals surface area contributed by atoms with Gasteiger partial charge in [-0.05, 0) is 23.6 Å². The van der Waals surface area contributed by atoms with Gasteiger partial charge in [-0.2, -0.15) is 0 Å². The van der Waals surface area contributed by atoms with E-state index < -0.39 is 0 Å². The fourth-order valence-electron chi connectivity index (χ4n) is 1.84. The number of hydrogen-bond acceptors (Lipinski definition) is 4. The van der Waals surface area contributed by atoms with Crippen molar-refractivity contribution in [3.05, 3.63) is 36.4 Å². The number of rotatable bonds is 3. The number of primary amides is 1. The Morgan fingerprint density at radius 1 is 1.22 bits per heavy atom. The average molecular weight is 258 g/mol. The summed E-state index contributed by atoms with van der Waals surface area (Å²) in [6.07, 6.45) is 0. The van der Waals surface area contributed by atoms with Gasteiger partial charge < -0.3 is 5.73 Å². The van der Waals surface area contributed by atoms with Gasteiger partial charge >= 0.3 is 0 Å². The highest BCUT2D eigenvalue weighted by Crippen LogP contribution is 2.22. The number of carbonyl (C=O) groups is 1. The van der Waals surface area contributed by atoms with Gasteiger partial charge in [0.25, 0.3) is 0 Å². The van der Waals surface area contributed by atoms with Crippen molar-refractivity contribution in [1.82, 2.24) is 14.6 Å². The number of nitrogens with two attached hydrogens (primary N) is 1. The van der Waals surface area contributed by atoms with Crippen molar-refractivity contribution >= 4 is 34.2 Å². The van der Waals surface area contributed by atoms with Gasteiger partial charge in [-0.25, -0.2) is 0 Å². The Hall–Kier alpha value is -2.08. The molecule has 0 unspecified atom stereocenters. The van der Waals surface area contributed by atoms with Gasteiger partial charge in [0.2, 0.25) is 5.91 Å². The molecule has 0 saturated heterocycles. The molecule has 18 heavy (non-hydrogen) atoms. The molecule has 1 amide bonds. The van der Waals surface area contributed by atoms with E-state index in [4.69, 9.17) is 5.73 Å². The van der Waals surface area contributed by atoms with E-state index in [2.05, 4.69) is 10.2 Å². The van der Waals surface area contributed by atoms with Crippen LogP contribution in [0, 0.1) is 0 Å². The predicted octanol–water partition coefficient (Wildman–Crippen LogP) is 1.46. The minimum atomic E-state index is -0.364. The third-order valence-corrected chi connectivity index (χ3v) is 3.54. The number of hydrogen-bond donors (Lipinski definition) is 1. The average Bonchev–Trinajstić information content (AvgIpc) is 2.80. The summed E-state index contributed by atoms with van der Waals surface area (Å²) in [7, 11) is 0. The van der Waals surface area contributed by atoms with E-state index in [-0.39, 0.29) is 11.7 Å². The number of nitrogens with zero attached hydrogens (tertiary/aromatic N) is 3. The van der Waals surface area contributed by atoms with E-state index in [1.165, 1.54) is 11.8 Å². The van der Waals surface area contributed by atoms with Crippen LogP contribution in [0.5, 0.6) is 0 Å². The number of benzene rings is 1. The van der Waals surface area contributed by atoms with Crippen molar-refractivity contribution in [2.45, 2.75) is 5.16 Å². The summed E-state index contributed by atoms with van der Waals surface area (Å²) in [6.45, 7) is 0. The zero-order chi connectivity index (χ0) is 12.5. The van der Waals surface area contributed by atoms with Gasteiger partial charge in [0, 0.05) is 0 Å². The van der Waals surface area contributed by atoms with Gasteiger partial charge in [0.05, 0.1) is 11.3 Å². The minimum Gasteiger partial charge on any atom is -0.369 e. The van der Waals surface area contributed by atoms with Crippen molar-refractivity contribution in [2.75, 3.05) is 5.75 Å². The first-order chi connectivity index (χ1) is 8.75. The van der Waals surface area contributed by atoms with E-state index in [0.717, 1.165) is 16.6 Å². The van der Waals surface area contributed by atoms with Crippen LogP contribution in [-0.2, 0) is 4.79 Å². The second-order valence-corrected chi connectivity index (χ2v) is 4.77. The quantitative estimate of drug-likeness (QED) is 0.722. The Morgan fingerprint density at radius 2 is 2.06 bits per heavy atom. The van der Waals surface area contributed by atoms with Crippen molar-refractivity contribution in [1.29, 1.82) is 0 Å². The van der Waals surface area contributed by atoms with Gasteiger partial charge in [-0.15, -0.1) is 10.2 Å². The van der Waals surface area contributed by atoms with Crippen LogP contribution in [0.3, 0.4) is 0 Å². The third kappa shape index (κ3) is 1.80. The number of pyridine rings is 1. The Bertz CT molecular complexity index is 737. The lowest BCUT2D eigenvalue weighted by molar-refractivity contribution is -0.115. The van der Waals surface area contributed by atoms with E-state index in [1.807, 2.05) is 40.8 Å². The highest BCUT2D eigenvalue weighted by atomic mass is 32.2. The molecule has 3 aromatic rings. The van der Waals surface area contributed by atoms with Gasteiger partial charge in [-0.3, -0.25) is 9.20 Å². The SMILES string of the molecule is NC(=O)CSc1nnc2ccc3ccccc3n12. The van der Waals surface area contributed by atoms with Crippen LogP contribution in [0.1, 0.15) is 0 Å². The fourth-order valence-corrected chi connectivity index (χ4v) is 2.53. The Labute approximate surface area is 107 Å². The largest absolute Gasteiger partial charge is 0.369 e. The Morgan fingerprint density at radius 3 is 2.89 bits per heavy atom. The van der Waals surface area contributed by atoms with Crippen LogP contribution in [0.15, 0.2) is 41.6 Å². The maximum Gasteiger partial charge on any atom is 0.227 e. The standard InChI is InChI=1S/C12H10N4OS/c13-10(17)7-18-12-15-14-11-6-5-8-3-1-2-4-9(8)16(11)12/h1-6H,7H2,(H2,13,17). The molecule has 3 rings (SSSR count). The van der Waals surface area contributed by atoms with Crippen molar-refractivity contribution < 1.29 is 4.79 Å². The molecule has 6 heteroatoms. The number of para-hydroxylation sites is 1. The normalized spacial score (nSPS) is 11.1. The molecule has 2 heterocycles. The molecule has 0 bridgehead atoms. The maximum atomic E-state index is 10.8. The topological polar surface area (TPSA) is 73.3 Å². The molecule has 1 aromatic carbocycles. The first-order valence-corrected chi connectivity index (χ1v) is 6.38. The Balaban J connectivity index is 2.20. The second-order valence-electron chi connectivity index (χ2n) is 3.82. The molecule has 0 aliphatic heterocycles. The third-order valence-electron chi connectivity index (χ3n) is 2.59. The highest BCUT2D eigenvalue weighted by molar-refractivity contribution is 7.99. The molecular formula is C12H10N4OS. The number of thioether (sulfide) groups is 1. The predicted molar refractivity (Wildman–Crippen MR) is 70.4 cm³/mol. The van der Waals surface area contributed by atoms with Crippen molar-refractivity contribution in [3.63, 3.8) is 0 Å². The van der Waals surface area contributed by atoms with E-state index >= 15 is 0 Å². The van der Waals surface area contributed by atoms with E-state index in [1.54, 1.807) is 0 Å². The molecule has 2 N–H and O–H groups in total. The van der Waals surface area contributed by atoms with Crippen molar-refractivity contribution in [2.24, 2.45) is 5.73 Å². The van der Waals surface area contributed by atoms with Gasteiger partial charge in [0.1, 0.15) is 0 Å². The molecule has 5 nitrogen and oxygen atoms in total. The molecule has 90 valence electrons. The van der Waals surface area contributed by atoms with Crippen LogP contribution in [-0.4, -0.2) is 26.3 Å². The molecule has 2 aromatic heterocycles. The minimum absolute atomic E-state index is 0.198. The summed E-state index contributed by atoms with van der Waals surface area (Å²) >= 11 is 1.29. The lowest BCUT2D eigenvalue weighted by Gasteiger charge is -2.03. The number of amides is 1. The second kappa shape index (κ2) is 4.30. The molecule has 0 saturated carbocycles. The summed E-state index contributed by atoms with van der Waals surface area (Å²) < 4.78 is 1.93. The monoisotopic (exact) mass is 258 g/mol. The first-order valence-electron chi connectivity index (χ1n) is 5.40. The van der Waals surface area contributed by atoms with Gasteiger partial charge in [-0.1, -0.05) is 30.0 Å². The maximum absolute atomic E-state index is 10.8. The number of carbonyl (C=O) groups excluding carboxylic acids is 1. The highest BCUT2D eigenvalue weighted by Gasteiger charge is 2.09. The molecule has 0 spiro atoms. The summed E-state index contributed by atoms with van der Waals surface area (Å²) in [5.41, 5.74) is 6.93. The number of aromatic nitrogens is 3. The van der Waals surface area contributed by atoms with Crippen LogP contribution < -0.4 is 5.73 Å². The number of fused-ring (bicyclic) bond motifs is 3. The van der Waals surface area contributed by atoms with Gasteiger partial charge in [0.15, 0.2) is 10.8 Å². The molecule has 0 aliphatic carbocycles. The molecule has 0 radical (unpaired) electrons. The summed E-state index contributed by atoms with van der Waals surface area (Å²) in [4.78, 5) is 10.8. The molecule has 0 fully saturated rings. The molecule has 0 aliphatic rings. The zero-order valence-corrected chi connectivity index (χ0v) is 10.2. The lowest BCUT2D eigenvalue weighted by Crippen LogP contribution is -2.13. The van der Waals surface area contributed by atoms with E-state index in [9.17, 15) is 4.79 Å². The molecule has 0 atom stereocenters. The van der Waals surface area contributed by atoms with Crippen LogP contribution in [0.4, 0.5) is 0 Å². The first kappa shape index (κ1) is 11.0. The Kier molecular flexibility index (Phi) is 2.64.